The van der Waals surface area contributed by atoms with Crippen molar-refractivity contribution in [3.63, 3.8) is 0 Å². The van der Waals surface area contributed by atoms with Crippen LogP contribution in [0.3, 0.4) is 0 Å². The minimum absolute atomic E-state index is 0.0394. The molecule has 36 heavy (non-hydrogen) atoms. The van der Waals surface area contributed by atoms with Crippen molar-refractivity contribution in [2.45, 2.75) is 63.0 Å². The molecule has 0 spiro atoms. The maximum Gasteiger partial charge on any atom is 0.227 e. The molecule has 2 aromatic carbocycles. The number of aliphatic hydroxyl groups is 1. The fourth-order valence-corrected chi connectivity index (χ4v) is 6.62. The van der Waals surface area contributed by atoms with Gasteiger partial charge in [-0.25, -0.2) is 0 Å². The number of likely N-dealkylation sites (N-methyl/N-ethyl adjacent to an activating group) is 1. The topological polar surface area (TPSA) is 53.0 Å². The lowest BCUT2D eigenvalue weighted by Gasteiger charge is -2.59. The number of benzene rings is 2. The first-order valence-electron chi connectivity index (χ1n) is 12.9. The van der Waals surface area contributed by atoms with E-state index in [1.807, 2.05) is 18.2 Å². The summed E-state index contributed by atoms with van der Waals surface area (Å²) in [7, 11) is 3.75. The van der Waals surface area contributed by atoms with Gasteiger partial charge in [0.05, 0.1) is 29.2 Å². The molecule has 1 aliphatic heterocycles. The van der Waals surface area contributed by atoms with Gasteiger partial charge in [0.1, 0.15) is 5.75 Å². The molecular formula is C29H38Cl2N2O3. The van der Waals surface area contributed by atoms with E-state index in [0.29, 0.717) is 35.5 Å². The normalized spacial score (nSPS) is 26.5. The van der Waals surface area contributed by atoms with E-state index in [1.165, 1.54) is 0 Å². The summed E-state index contributed by atoms with van der Waals surface area (Å²) in [5.41, 5.74) is 0.649. The largest absolute Gasteiger partial charge is 0.497 e. The highest BCUT2D eigenvalue weighted by Gasteiger charge is 2.58. The van der Waals surface area contributed by atoms with Gasteiger partial charge in [-0.05, 0) is 80.6 Å². The van der Waals surface area contributed by atoms with Crippen molar-refractivity contribution >= 4 is 29.1 Å². The SMILES string of the molecule is COc1cccc([C@@]23CCN(C)C[C@@]2(O)CC[C@@H](N(CC(C)C)C(=O)Cc2ccc(Cl)c(Cl)c2)C3)c1. The molecule has 2 fully saturated rings. The van der Waals surface area contributed by atoms with Crippen LogP contribution in [-0.4, -0.2) is 66.2 Å². The van der Waals surface area contributed by atoms with Gasteiger partial charge in [-0.15, -0.1) is 0 Å². The van der Waals surface area contributed by atoms with Crippen LogP contribution in [0.2, 0.25) is 10.0 Å². The van der Waals surface area contributed by atoms with E-state index in [0.717, 1.165) is 42.7 Å². The molecular weight excluding hydrogens is 495 g/mol. The van der Waals surface area contributed by atoms with Gasteiger partial charge in [-0.1, -0.05) is 55.2 Å². The highest BCUT2D eigenvalue weighted by Crippen LogP contribution is 2.52. The number of hydrogen-bond donors (Lipinski definition) is 1. The number of halogens is 2. The van der Waals surface area contributed by atoms with Crippen molar-refractivity contribution in [3.05, 3.63) is 63.6 Å². The van der Waals surface area contributed by atoms with Crippen molar-refractivity contribution in [3.8, 4) is 5.75 Å². The van der Waals surface area contributed by atoms with E-state index in [1.54, 1.807) is 19.2 Å². The van der Waals surface area contributed by atoms with E-state index >= 15 is 0 Å². The summed E-state index contributed by atoms with van der Waals surface area (Å²) in [6, 6.07) is 13.6. The van der Waals surface area contributed by atoms with Crippen LogP contribution in [0.25, 0.3) is 0 Å². The number of hydrogen-bond acceptors (Lipinski definition) is 4. The predicted molar refractivity (Wildman–Crippen MR) is 146 cm³/mol. The number of nitrogens with zero attached hydrogens (tertiary/aromatic N) is 2. The third-order valence-corrected chi connectivity index (χ3v) is 8.84. The molecule has 1 saturated carbocycles. The molecule has 0 aromatic heterocycles. The van der Waals surface area contributed by atoms with Crippen LogP contribution in [0.5, 0.6) is 5.75 Å². The first kappa shape index (κ1) is 27.3. The van der Waals surface area contributed by atoms with Gasteiger partial charge < -0.3 is 19.6 Å². The maximum absolute atomic E-state index is 13.7. The third kappa shape index (κ3) is 5.40. The Morgan fingerprint density at radius 3 is 2.67 bits per heavy atom. The quantitative estimate of drug-likeness (QED) is 0.505. The molecule has 196 valence electrons. The number of likely N-dealkylation sites (tertiary alicyclic amines) is 1. The summed E-state index contributed by atoms with van der Waals surface area (Å²) in [6.45, 7) is 6.49. The van der Waals surface area contributed by atoms with Crippen LogP contribution >= 0.6 is 23.2 Å². The second kappa shape index (κ2) is 10.9. The molecule has 1 heterocycles. The molecule has 4 rings (SSSR count). The Labute approximate surface area is 225 Å². The first-order chi connectivity index (χ1) is 17.1. The lowest BCUT2D eigenvalue weighted by molar-refractivity contribution is -0.148. The molecule has 0 radical (unpaired) electrons. The molecule has 7 heteroatoms. The Balaban J connectivity index is 1.68. The van der Waals surface area contributed by atoms with E-state index < -0.39 is 11.0 Å². The summed E-state index contributed by atoms with van der Waals surface area (Å²) < 4.78 is 5.55. The molecule has 1 saturated heterocycles. The standard InChI is InChI=1S/C29H38Cl2N2O3/c1-20(2)18-33(27(34)15-21-8-9-25(30)26(31)14-21)23-10-11-29(35)19-32(3)13-12-28(29,17-23)22-6-5-7-24(16-22)36-4/h5-9,14,16,20,23,35H,10-13,15,17-19H2,1-4H3/t23-,28+,29+/m1/s1. The fraction of sp³-hybridized carbons (Fsp3) is 0.552. The summed E-state index contributed by atoms with van der Waals surface area (Å²) in [5.74, 6) is 1.21. The lowest BCUT2D eigenvalue weighted by atomic mass is 9.55. The van der Waals surface area contributed by atoms with Gasteiger partial charge in [0.25, 0.3) is 0 Å². The molecule has 2 aliphatic rings. The zero-order chi connectivity index (χ0) is 26.1. The number of ether oxygens (including phenoxy) is 1. The summed E-state index contributed by atoms with van der Waals surface area (Å²) in [4.78, 5) is 18.0. The number of β-amino-alcohol motifs (C(OH)–C–C–N with tert-alkyl or cyclic N) is 1. The number of fused-ring (bicyclic) bond motifs is 1. The van der Waals surface area contributed by atoms with Crippen molar-refractivity contribution in [2.75, 3.05) is 33.8 Å². The molecule has 1 amide bonds. The number of methoxy groups -OCH3 is 1. The van der Waals surface area contributed by atoms with Crippen molar-refractivity contribution in [1.29, 1.82) is 0 Å². The number of piperidine rings is 1. The molecule has 3 atom stereocenters. The average molecular weight is 534 g/mol. The first-order valence-corrected chi connectivity index (χ1v) is 13.6. The average Bonchev–Trinajstić information content (AvgIpc) is 2.84. The minimum Gasteiger partial charge on any atom is -0.497 e. The van der Waals surface area contributed by atoms with E-state index in [2.05, 4.69) is 42.8 Å². The van der Waals surface area contributed by atoms with Crippen molar-refractivity contribution in [2.24, 2.45) is 5.92 Å². The van der Waals surface area contributed by atoms with Gasteiger partial charge >= 0.3 is 0 Å². The minimum atomic E-state index is -0.862. The molecule has 0 unspecified atom stereocenters. The molecule has 1 N–H and O–H groups in total. The Hall–Kier alpha value is -1.79. The van der Waals surface area contributed by atoms with E-state index in [-0.39, 0.29) is 18.4 Å². The second-order valence-electron chi connectivity index (χ2n) is 11.1. The lowest BCUT2D eigenvalue weighted by Crippen LogP contribution is -2.67. The van der Waals surface area contributed by atoms with Crippen LogP contribution in [-0.2, 0) is 16.6 Å². The zero-order valence-corrected chi connectivity index (χ0v) is 23.3. The summed E-state index contributed by atoms with van der Waals surface area (Å²) in [6.07, 6.45) is 3.26. The third-order valence-electron chi connectivity index (χ3n) is 8.10. The Morgan fingerprint density at radius 1 is 1.19 bits per heavy atom. The Bertz CT molecular complexity index is 1090. The van der Waals surface area contributed by atoms with Crippen LogP contribution < -0.4 is 4.74 Å². The fourth-order valence-electron chi connectivity index (χ4n) is 6.30. The highest BCUT2D eigenvalue weighted by molar-refractivity contribution is 6.42. The number of amides is 1. The summed E-state index contributed by atoms with van der Waals surface area (Å²) in [5, 5.41) is 13.1. The smallest absolute Gasteiger partial charge is 0.227 e. The van der Waals surface area contributed by atoms with Gasteiger partial charge in [0.2, 0.25) is 5.91 Å². The van der Waals surface area contributed by atoms with Gasteiger partial charge in [-0.2, -0.15) is 0 Å². The monoisotopic (exact) mass is 532 g/mol. The van der Waals surface area contributed by atoms with Crippen molar-refractivity contribution in [1.82, 2.24) is 9.80 Å². The van der Waals surface area contributed by atoms with Gasteiger partial charge in [0, 0.05) is 24.5 Å². The molecule has 2 aromatic rings. The van der Waals surface area contributed by atoms with Crippen LogP contribution in [0.4, 0.5) is 0 Å². The Morgan fingerprint density at radius 2 is 1.97 bits per heavy atom. The second-order valence-corrected chi connectivity index (χ2v) is 11.9. The molecule has 1 aliphatic carbocycles. The maximum atomic E-state index is 13.7. The van der Waals surface area contributed by atoms with E-state index in [4.69, 9.17) is 27.9 Å². The number of carbonyl (C=O) groups is 1. The van der Waals surface area contributed by atoms with Crippen LogP contribution in [0, 0.1) is 5.92 Å². The Kier molecular flexibility index (Phi) is 8.25. The number of rotatable bonds is 7. The zero-order valence-electron chi connectivity index (χ0n) is 21.8. The van der Waals surface area contributed by atoms with E-state index in [9.17, 15) is 9.90 Å². The van der Waals surface area contributed by atoms with Crippen LogP contribution in [0.1, 0.15) is 50.7 Å². The summed E-state index contributed by atoms with van der Waals surface area (Å²) >= 11 is 12.3. The van der Waals surface area contributed by atoms with Crippen molar-refractivity contribution < 1.29 is 14.6 Å². The predicted octanol–water partition coefficient (Wildman–Crippen LogP) is 5.59. The number of carbonyl (C=O) groups excluding carboxylic acids is 1. The van der Waals surface area contributed by atoms with Gasteiger partial charge in [-0.3, -0.25) is 4.79 Å². The molecule has 0 bridgehead atoms. The van der Waals surface area contributed by atoms with Gasteiger partial charge in [0.15, 0.2) is 0 Å². The highest BCUT2D eigenvalue weighted by atomic mass is 35.5. The molecule has 5 nitrogen and oxygen atoms in total. The van der Waals surface area contributed by atoms with Crippen LogP contribution in [0.15, 0.2) is 42.5 Å².